The minimum absolute atomic E-state index is 0.00323. The van der Waals surface area contributed by atoms with Gasteiger partial charge >= 0.3 is 11.9 Å². The van der Waals surface area contributed by atoms with E-state index in [1.807, 2.05) is 20.8 Å². The molecular weight excluding hydrogens is 620 g/mol. The van der Waals surface area contributed by atoms with E-state index in [0.717, 1.165) is 37.7 Å². The number of rotatable bonds is 9. The van der Waals surface area contributed by atoms with Gasteiger partial charge in [-0.3, -0.25) is 4.79 Å². The van der Waals surface area contributed by atoms with Crippen molar-refractivity contribution in [2.75, 3.05) is 13.7 Å². The van der Waals surface area contributed by atoms with Crippen molar-refractivity contribution in [3.8, 4) is 0 Å². The molecular formula is C41H64O8. The number of fused-ring (bicyclic) bond motifs is 7. The molecule has 0 radical (unpaired) electrons. The van der Waals surface area contributed by atoms with E-state index in [9.17, 15) is 30.0 Å². The van der Waals surface area contributed by atoms with Crippen molar-refractivity contribution >= 4 is 11.9 Å². The summed E-state index contributed by atoms with van der Waals surface area (Å²) in [4.78, 5) is 27.0. The van der Waals surface area contributed by atoms with Crippen molar-refractivity contribution in [3.63, 3.8) is 0 Å². The predicted octanol–water partition coefficient (Wildman–Crippen LogP) is 7.02. The number of allylic oxidation sites excluding steroid dienone is 3. The first-order chi connectivity index (χ1) is 22.6. The van der Waals surface area contributed by atoms with Gasteiger partial charge in [0, 0.05) is 18.9 Å². The number of carbonyl (C=O) groups is 2. The topological polar surface area (TPSA) is 134 Å². The molecule has 4 fully saturated rings. The number of aliphatic hydroxyl groups excluding tert-OH is 3. The van der Waals surface area contributed by atoms with E-state index < -0.39 is 58.5 Å². The number of aliphatic hydroxyl groups is 3. The van der Waals surface area contributed by atoms with Crippen LogP contribution in [0, 0.1) is 50.2 Å². The monoisotopic (exact) mass is 684 g/mol. The number of methoxy groups -OCH3 is 1. The number of hydrogen-bond acceptors (Lipinski definition) is 7. The lowest BCUT2D eigenvalue weighted by Crippen LogP contribution is -2.68. The molecule has 11 atom stereocenters. The number of aliphatic carboxylic acids is 1. The minimum Gasteiger partial charge on any atom is -0.481 e. The highest BCUT2D eigenvalue weighted by Crippen LogP contribution is 2.75. The number of hydrogen-bond donors (Lipinski definition) is 4. The molecule has 276 valence electrons. The number of carboxylic acid groups (broad SMARTS) is 1. The normalized spacial score (nSPS) is 43.8. The van der Waals surface area contributed by atoms with Crippen LogP contribution < -0.4 is 0 Å². The average molecular weight is 685 g/mol. The average Bonchev–Trinajstić information content (AvgIpc) is 3.02. The van der Waals surface area contributed by atoms with E-state index in [1.54, 1.807) is 19.3 Å². The van der Waals surface area contributed by atoms with E-state index in [1.165, 1.54) is 0 Å². The Hall–Kier alpha value is -2.00. The molecule has 0 heterocycles. The van der Waals surface area contributed by atoms with Crippen molar-refractivity contribution in [1.82, 2.24) is 0 Å². The van der Waals surface area contributed by atoms with Crippen molar-refractivity contribution in [3.05, 3.63) is 36.0 Å². The number of esters is 1. The van der Waals surface area contributed by atoms with Gasteiger partial charge in [-0.2, -0.15) is 0 Å². The summed E-state index contributed by atoms with van der Waals surface area (Å²) in [5.74, 6) is -1.37. The van der Waals surface area contributed by atoms with Gasteiger partial charge in [-0.15, -0.1) is 6.58 Å². The third-order valence-corrected chi connectivity index (χ3v) is 15.8. The molecule has 4 N–H and O–H groups in total. The van der Waals surface area contributed by atoms with Gasteiger partial charge in [0.05, 0.1) is 30.0 Å². The van der Waals surface area contributed by atoms with Gasteiger partial charge in [0.2, 0.25) is 0 Å². The standard InChI is InChI=1S/C41H64O8/c1-11-37(6,48-10)18-12-13-25(24-42)33(45)49-32-23-41(34(46)47)27(21-35(32,2)3)26-14-15-29-38(7)19-17-30(43)36(4,5)28(38)16-20-39(29,8)40(26,9)22-31(41)44/h11,13-14,27-32,42-44H,1,12,15-24H2,2-10H3,(H,46,47)/b25-13-. The van der Waals surface area contributed by atoms with E-state index in [2.05, 4.69) is 47.3 Å². The Balaban J connectivity index is 1.47. The second-order valence-corrected chi connectivity index (χ2v) is 18.7. The van der Waals surface area contributed by atoms with Gasteiger partial charge < -0.3 is 29.9 Å². The highest BCUT2D eigenvalue weighted by Gasteiger charge is 2.72. The molecule has 4 saturated carbocycles. The smallest absolute Gasteiger partial charge is 0.336 e. The van der Waals surface area contributed by atoms with Crippen LogP contribution in [0.1, 0.15) is 120 Å². The van der Waals surface area contributed by atoms with Crippen LogP contribution in [0.25, 0.3) is 0 Å². The minimum atomic E-state index is -1.50. The largest absolute Gasteiger partial charge is 0.481 e. The summed E-state index contributed by atoms with van der Waals surface area (Å²) in [6.07, 6.45) is 9.91. The molecule has 0 amide bonds. The quantitative estimate of drug-likeness (QED) is 0.116. The highest BCUT2D eigenvalue weighted by molar-refractivity contribution is 5.89. The summed E-state index contributed by atoms with van der Waals surface area (Å²) < 4.78 is 11.6. The molecule has 5 rings (SSSR count). The van der Waals surface area contributed by atoms with Gasteiger partial charge in [-0.25, -0.2) is 4.79 Å². The van der Waals surface area contributed by atoms with Crippen LogP contribution in [0.3, 0.4) is 0 Å². The number of carboxylic acids is 1. The molecule has 0 spiro atoms. The van der Waals surface area contributed by atoms with Gasteiger partial charge in [-0.1, -0.05) is 72.3 Å². The fourth-order valence-corrected chi connectivity index (χ4v) is 12.1. The van der Waals surface area contributed by atoms with E-state index in [4.69, 9.17) is 9.47 Å². The second-order valence-electron chi connectivity index (χ2n) is 18.7. The lowest BCUT2D eigenvalue weighted by molar-refractivity contribution is -0.227. The molecule has 8 heteroatoms. The molecule has 8 nitrogen and oxygen atoms in total. The number of carbonyl (C=O) groups excluding carboxylic acids is 1. The Labute approximate surface area is 294 Å². The van der Waals surface area contributed by atoms with Gasteiger partial charge in [0.25, 0.3) is 0 Å². The van der Waals surface area contributed by atoms with Crippen molar-refractivity contribution in [2.24, 2.45) is 50.2 Å². The molecule has 0 aromatic rings. The Morgan fingerprint density at radius 2 is 1.67 bits per heavy atom. The molecule has 11 unspecified atom stereocenters. The summed E-state index contributed by atoms with van der Waals surface area (Å²) in [7, 11) is 1.60. The zero-order valence-corrected chi connectivity index (χ0v) is 31.6. The third kappa shape index (κ3) is 5.61. The Bertz CT molecular complexity index is 1400. The van der Waals surface area contributed by atoms with Crippen LogP contribution in [0.4, 0.5) is 0 Å². The maximum atomic E-state index is 13.5. The molecule has 0 aliphatic heterocycles. The van der Waals surface area contributed by atoms with Crippen LogP contribution in [-0.2, 0) is 19.1 Å². The first-order valence-electron chi connectivity index (χ1n) is 18.6. The lowest BCUT2D eigenvalue weighted by atomic mass is 9.33. The molecule has 0 bridgehead atoms. The summed E-state index contributed by atoms with van der Waals surface area (Å²) in [6.45, 7) is 20.8. The Morgan fingerprint density at radius 3 is 2.27 bits per heavy atom. The van der Waals surface area contributed by atoms with E-state index in [-0.39, 0.29) is 34.3 Å². The zero-order chi connectivity index (χ0) is 36.6. The van der Waals surface area contributed by atoms with Crippen LogP contribution >= 0.6 is 0 Å². The first kappa shape index (κ1) is 38.2. The first-order valence-corrected chi connectivity index (χ1v) is 18.6. The molecule has 0 saturated heterocycles. The summed E-state index contributed by atoms with van der Waals surface area (Å²) in [5, 5.41) is 44.4. The second kappa shape index (κ2) is 12.6. The maximum Gasteiger partial charge on any atom is 0.336 e. The molecule has 49 heavy (non-hydrogen) atoms. The van der Waals surface area contributed by atoms with Crippen LogP contribution in [-0.4, -0.2) is 70.0 Å². The lowest BCUT2D eigenvalue weighted by Gasteiger charge is -2.71. The highest BCUT2D eigenvalue weighted by atomic mass is 16.5. The third-order valence-electron chi connectivity index (χ3n) is 15.8. The molecule has 5 aliphatic carbocycles. The maximum absolute atomic E-state index is 13.5. The summed E-state index contributed by atoms with van der Waals surface area (Å²) >= 11 is 0. The van der Waals surface area contributed by atoms with Crippen molar-refractivity contribution in [1.29, 1.82) is 0 Å². The van der Waals surface area contributed by atoms with E-state index in [0.29, 0.717) is 37.5 Å². The fraction of sp³-hybridized carbons (Fsp3) is 0.805. The Morgan fingerprint density at radius 1 is 1.00 bits per heavy atom. The van der Waals surface area contributed by atoms with Crippen molar-refractivity contribution in [2.45, 2.75) is 144 Å². The zero-order valence-electron chi connectivity index (χ0n) is 31.6. The summed E-state index contributed by atoms with van der Waals surface area (Å²) in [5.41, 5.74) is -2.06. The molecule has 0 aromatic carbocycles. The van der Waals surface area contributed by atoms with Crippen LogP contribution in [0.2, 0.25) is 0 Å². The summed E-state index contributed by atoms with van der Waals surface area (Å²) in [6, 6.07) is 0. The van der Waals surface area contributed by atoms with Crippen LogP contribution in [0.5, 0.6) is 0 Å². The molecule has 0 aromatic heterocycles. The van der Waals surface area contributed by atoms with Crippen LogP contribution in [0.15, 0.2) is 36.0 Å². The predicted molar refractivity (Wildman–Crippen MR) is 189 cm³/mol. The fourth-order valence-electron chi connectivity index (χ4n) is 12.1. The van der Waals surface area contributed by atoms with E-state index >= 15 is 0 Å². The molecule has 5 aliphatic rings. The van der Waals surface area contributed by atoms with Gasteiger partial charge in [-0.05, 0) is 104 Å². The van der Waals surface area contributed by atoms with Crippen molar-refractivity contribution < 1.29 is 39.5 Å². The van der Waals surface area contributed by atoms with Gasteiger partial charge in [0.15, 0.2) is 0 Å². The Kier molecular flexibility index (Phi) is 9.83. The SMILES string of the molecule is C=CC(C)(CC/C=C(/CO)C(=O)OC1CC2(C(=O)O)C(O)CC3(C)C(=CCC4C5(C)CCC(O)C(C)(C)C5CCC43C)C2CC1(C)C)OC. The van der Waals surface area contributed by atoms with Gasteiger partial charge in [0.1, 0.15) is 11.5 Å². The number of ether oxygens (including phenoxy) is 2.